The Labute approximate surface area is 73.9 Å². The number of hydrogen-bond acceptors (Lipinski definition) is 1. The lowest BCUT2D eigenvalue weighted by molar-refractivity contribution is -0.143. The smallest absolute Gasteiger partial charge is 0.223 e. The first-order valence-corrected chi connectivity index (χ1v) is 4.99. The number of amides is 1. The van der Waals surface area contributed by atoms with Gasteiger partial charge in [-0.15, -0.1) is 0 Å². The van der Waals surface area contributed by atoms with Crippen molar-refractivity contribution in [2.75, 3.05) is 0 Å². The zero-order chi connectivity index (χ0) is 8.72. The van der Waals surface area contributed by atoms with Crippen LogP contribution in [0.2, 0.25) is 0 Å². The van der Waals surface area contributed by atoms with Crippen molar-refractivity contribution in [1.82, 2.24) is 4.90 Å². The van der Waals surface area contributed by atoms with Crippen LogP contribution in [0.25, 0.3) is 0 Å². The van der Waals surface area contributed by atoms with Gasteiger partial charge in [-0.25, -0.2) is 0 Å². The summed E-state index contributed by atoms with van der Waals surface area (Å²) in [4.78, 5) is 13.7. The maximum absolute atomic E-state index is 11.6. The van der Waals surface area contributed by atoms with E-state index in [-0.39, 0.29) is 0 Å². The Kier molecular flexibility index (Phi) is 1.85. The zero-order valence-corrected chi connectivity index (χ0v) is 7.92. The number of carbonyl (C=O) groups excluding carboxylic acids is 1. The summed E-state index contributed by atoms with van der Waals surface area (Å²) in [5.74, 6) is 1.13. The third kappa shape index (κ3) is 1.35. The molecular weight excluding hydrogens is 150 g/mol. The van der Waals surface area contributed by atoms with Gasteiger partial charge in [0, 0.05) is 18.5 Å². The molecule has 1 aliphatic carbocycles. The number of likely N-dealkylation sites (tertiary alicyclic amines) is 1. The summed E-state index contributed by atoms with van der Waals surface area (Å²) in [6, 6.07) is 1.01. The van der Waals surface area contributed by atoms with E-state index in [4.69, 9.17) is 0 Å². The summed E-state index contributed by atoms with van der Waals surface area (Å²) >= 11 is 0. The van der Waals surface area contributed by atoms with Crippen LogP contribution in [0.1, 0.15) is 39.5 Å². The highest BCUT2D eigenvalue weighted by atomic mass is 16.2. The Bertz CT molecular complexity index is 190. The first kappa shape index (κ1) is 8.09. The van der Waals surface area contributed by atoms with Crippen molar-refractivity contribution in [2.24, 2.45) is 5.92 Å². The fraction of sp³-hybridized carbons (Fsp3) is 0.900. The van der Waals surface area contributed by atoms with Gasteiger partial charge in [-0.05, 0) is 39.0 Å². The van der Waals surface area contributed by atoms with Crippen molar-refractivity contribution in [3.63, 3.8) is 0 Å². The predicted molar refractivity (Wildman–Crippen MR) is 47.7 cm³/mol. The van der Waals surface area contributed by atoms with E-state index in [1.165, 1.54) is 19.3 Å². The molecule has 0 aromatic heterocycles. The lowest BCUT2D eigenvalue weighted by Gasteiger charge is -2.45. The second kappa shape index (κ2) is 2.75. The van der Waals surface area contributed by atoms with E-state index >= 15 is 0 Å². The summed E-state index contributed by atoms with van der Waals surface area (Å²) in [6.07, 6.45) is 4.57. The first-order chi connectivity index (χ1) is 5.68. The van der Waals surface area contributed by atoms with Gasteiger partial charge in [-0.1, -0.05) is 0 Å². The molecule has 2 rings (SSSR count). The van der Waals surface area contributed by atoms with E-state index in [1.807, 2.05) is 0 Å². The van der Waals surface area contributed by atoms with Crippen molar-refractivity contribution in [2.45, 2.75) is 51.6 Å². The first-order valence-electron chi connectivity index (χ1n) is 4.99. The van der Waals surface area contributed by atoms with Crippen LogP contribution in [0.4, 0.5) is 0 Å². The van der Waals surface area contributed by atoms with Crippen molar-refractivity contribution in [3.05, 3.63) is 0 Å². The van der Waals surface area contributed by atoms with Gasteiger partial charge in [-0.3, -0.25) is 4.79 Å². The molecule has 2 atom stereocenters. The van der Waals surface area contributed by atoms with Crippen LogP contribution in [-0.4, -0.2) is 22.9 Å². The van der Waals surface area contributed by atoms with Crippen LogP contribution >= 0.6 is 0 Å². The normalized spacial score (nSPS) is 34.7. The van der Waals surface area contributed by atoms with Gasteiger partial charge >= 0.3 is 0 Å². The third-order valence-electron chi connectivity index (χ3n) is 3.08. The van der Waals surface area contributed by atoms with Gasteiger partial charge in [0.2, 0.25) is 5.91 Å². The molecular formula is C10H17NO. The molecule has 2 unspecified atom stereocenters. The largest absolute Gasteiger partial charge is 0.337 e. The Morgan fingerprint density at radius 1 is 1.33 bits per heavy atom. The molecule has 0 bridgehead atoms. The van der Waals surface area contributed by atoms with Crippen molar-refractivity contribution < 1.29 is 4.79 Å². The summed E-state index contributed by atoms with van der Waals surface area (Å²) in [5.41, 5.74) is 0. The molecule has 1 heterocycles. The summed E-state index contributed by atoms with van der Waals surface area (Å²) in [7, 11) is 0. The minimum atomic E-state index is 0.392. The molecule has 68 valence electrons. The standard InChI is InChI=1S/C10H17NO/c1-7-5-8(2)11(7)10(12)6-9-3-4-9/h7-9H,3-6H2,1-2H3. The van der Waals surface area contributed by atoms with E-state index in [1.54, 1.807) is 0 Å². The molecule has 0 aromatic rings. The van der Waals surface area contributed by atoms with Crippen molar-refractivity contribution >= 4 is 5.91 Å². The van der Waals surface area contributed by atoms with Crippen LogP contribution in [0.5, 0.6) is 0 Å². The minimum Gasteiger partial charge on any atom is -0.337 e. The summed E-state index contributed by atoms with van der Waals surface area (Å²) < 4.78 is 0. The fourth-order valence-electron chi connectivity index (χ4n) is 2.18. The molecule has 0 aromatic carbocycles. The topological polar surface area (TPSA) is 20.3 Å². The zero-order valence-electron chi connectivity index (χ0n) is 7.92. The number of nitrogens with zero attached hydrogens (tertiary/aromatic N) is 1. The Balaban J connectivity index is 1.85. The quantitative estimate of drug-likeness (QED) is 0.614. The predicted octanol–water partition coefficient (Wildman–Crippen LogP) is 1.80. The van der Waals surface area contributed by atoms with E-state index in [0.717, 1.165) is 12.3 Å². The number of carbonyl (C=O) groups is 1. The van der Waals surface area contributed by atoms with Gasteiger partial charge in [0.05, 0.1) is 0 Å². The molecule has 1 saturated heterocycles. The second-order valence-corrected chi connectivity index (χ2v) is 4.38. The molecule has 2 fully saturated rings. The molecule has 1 aliphatic heterocycles. The third-order valence-corrected chi connectivity index (χ3v) is 3.08. The van der Waals surface area contributed by atoms with Gasteiger partial charge in [0.25, 0.3) is 0 Å². The van der Waals surface area contributed by atoms with Crippen LogP contribution < -0.4 is 0 Å². The van der Waals surface area contributed by atoms with Crippen LogP contribution in [0, 0.1) is 5.92 Å². The number of hydrogen-bond donors (Lipinski definition) is 0. The average Bonchev–Trinajstić information content (AvgIpc) is 2.70. The van der Waals surface area contributed by atoms with E-state index in [2.05, 4.69) is 18.7 Å². The SMILES string of the molecule is CC1CC(C)N1C(=O)CC1CC1. The van der Waals surface area contributed by atoms with Crippen LogP contribution in [0.3, 0.4) is 0 Å². The summed E-state index contributed by atoms with van der Waals surface area (Å²) in [6.45, 7) is 4.29. The van der Waals surface area contributed by atoms with Crippen LogP contribution in [-0.2, 0) is 4.79 Å². The Morgan fingerprint density at radius 3 is 2.33 bits per heavy atom. The molecule has 2 heteroatoms. The molecule has 2 nitrogen and oxygen atoms in total. The maximum Gasteiger partial charge on any atom is 0.223 e. The molecule has 1 saturated carbocycles. The highest BCUT2D eigenvalue weighted by molar-refractivity contribution is 5.78. The van der Waals surface area contributed by atoms with Gasteiger partial charge < -0.3 is 4.90 Å². The lowest BCUT2D eigenvalue weighted by atomic mass is 9.95. The molecule has 1 amide bonds. The van der Waals surface area contributed by atoms with Gasteiger partial charge in [0.1, 0.15) is 0 Å². The monoisotopic (exact) mass is 167 g/mol. The lowest BCUT2D eigenvalue weighted by Crippen LogP contribution is -2.55. The molecule has 12 heavy (non-hydrogen) atoms. The van der Waals surface area contributed by atoms with Gasteiger partial charge in [0.15, 0.2) is 0 Å². The molecule has 0 spiro atoms. The summed E-state index contributed by atoms with van der Waals surface area (Å²) in [5, 5.41) is 0. The maximum atomic E-state index is 11.6. The second-order valence-electron chi connectivity index (χ2n) is 4.38. The van der Waals surface area contributed by atoms with E-state index in [0.29, 0.717) is 18.0 Å². The molecule has 2 aliphatic rings. The molecule has 0 radical (unpaired) electrons. The van der Waals surface area contributed by atoms with Crippen molar-refractivity contribution in [1.29, 1.82) is 0 Å². The Morgan fingerprint density at radius 2 is 1.92 bits per heavy atom. The highest BCUT2D eigenvalue weighted by Crippen LogP contribution is 2.35. The van der Waals surface area contributed by atoms with E-state index < -0.39 is 0 Å². The highest BCUT2D eigenvalue weighted by Gasteiger charge is 2.37. The van der Waals surface area contributed by atoms with E-state index in [9.17, 15) is 4.79 Å². The number of rotatable bonds is 2. The fourth-order valence-corrected chi connectivity index (χ4v) is 2.18. The minimum absolute atomic E-state index is 0.392. The van der Waals surface area contributed by atoms with Crippen molar-refractivity contribution in [3.8, 4) is 0 Å². The average molecular weight is 167 g/mol. The Hall–Kier alpha value is -0.530. The van der Waals surface area contributed by atoms with Crippen LogP contribution in [0.15, 0.2) is 0 Å². The molecule has 0 N–H and O–H groups in total. The van der Waals surface area contributed by atoms with Gasteiger partial charge in [-0.2, -0.15) is 0 Å².